The summed E-state index contributed by atoms with van der Waals surface area (Å²) in [4.78, 5) is 10.4. The second-order valence-corrected chi connectivity index (χ2v) is 25.3. The van der Waals surface area contributed by atoms with Gasteiger partial charge in [0, 0.05) is 30.0 Å². The summed E-state index contributed by atoms with van der Waals surface area (Å²) < 4.78 is 0. The number of nitrogens with zero attached hydrogens (tertiary/aromatic N) is 4. The molecular formula is C59H93N5O4. The lowest BCUT2D eigenvalue weighted by molar-refractivity contribution is -0.276. The molecule has 0 amide bonds. The molecule has 0 aromatic heterocycles. The number of dihydropyridines is 1. The highest BCUT2D eigenvalue weighted by Gasteiger charge is 2.64. The topological polar surface area (TPSA) is 124 Å². The van der Waals surface area contributed by atoms with E-state index in [2.05, 4.69) is 130 Å². The number of aliphatic imine (C=N–C) groups is 2. The lowest BCUT2D eigenvalue weighted by Gasteiger charge is -2.66. The van der Waals surface area contributed by atoms with E-state index in [1.165, 1.54) is 28.7 Å². The van der Waals surface area contributed by atoms with Gasteiger partial charge >= 0.3 is 0 Å². The van der Waals surface area contributed by atoms with Gasteiger partial charge in [-0.2, -0.15) is 10.1 Å². The van der Waals surface area contributed by atoms with Gasteiger partial charge in [0.15, 0.2) is 0 Å². The summed E-state index contributed by atoms with van der Waals surface area (Å²) in [6.45, 7) is 22.2. The Kier molecular flexibility index (Phi) is 15.6. The maximum Gasteiger partial charge on any atom is 0.136 e. The zero-order valence-corrected chi connectivity index (χ0v) is 43.7. The number of hydrogen-bond acceptors (Lipinski definition) is 9. The van der Waals surface area contributed by atoms with Crippen LogP contribution in [0.25, 0.3) is 0 Å². The third kappa shape index (κ3) is 9.43. The zero-order chi connectivity index (χ0) is 48.3. The second kappa shape index (κ2) is 21.0. The number of hydroxylamine groups is 4. The molecule has 9 rings (SSSR count). The number of nitrogens with one attached hydrogen (secondary N) is 1. The normalized spacial score (nSPS) is 41.0. The van der Waals surface area contributed by atoms with Crippen LogP contribution in [-0.2, 0) is 0 Å². The molecule has 3 saturated carbocycles. The molecule has 68 heavy (non-hydrogen) atoms. The van der Waals surface area contributed by atoms with Crippen LogP contribution in [0.15, 0.2) is 69.9 Å². The van der Waals surface area contributed by atoms with Crippen molar-refractivity contribution in [3.8, 4) is 0 Å². The first-order chi connectivity index (χ1) is 32.6. The van der Waals surface area contributed by atoms with Crippen molar-refractivity contribution in [2.24, 2.45) is 117 Å². The summed E-state index contributed by atoms with van der Waals surface area (Å²) >= 11 is 0. The van der Waals surface area contributed by atoms with Gasteiger partial charge in [-0.1, -0.05) is 117 Å². The van der Waals surface area contributed by atoms with Crippen molar-refractivity contribution in [3.63, 3.8) is 0 Å². The SMILES string of the molecule is CC(C)C(C(C)C)N(O)[C@H](O)[C@@H]1CC[C@H]2C3[C@@H]1C(C)C=C[C@H]3[C@H]1C=C[C@@H]([C@@H](O)N(O)C(C(C)C)C(C)C)C3C1C2[C@H](C1=CC[C@H](C2=CC([C@@H]4CCCC=N4)=NC([C@H]4CCC=CN4)C2)CC1)C[C@@H]3C. The number of rotatable bonds is 14. The molecule has 6 aliphatic carbocycles. The average Bonchev–Trinajstić information content (AvgIpc) is 3.33. The molecule has 0 radical (unpaired) electrons. The molecule has 5 N–H and O–H groups in total. The van der Waals surface area contributed by atoms with E-state index in [0.29, 0.717) is 65.2 Å². The standard InChI is InChI=1S/C59H93N5O4/c1-32(2)56(33(3)4)63(67)58(65)44-26-24-43-53-41(22-17-36(9)51(44)53)42-23-25-45(59(66)64(68)57(34(5)6)35(7)8)52-37(10)29-46(54(43)55(42)52)39-20-18-38(19-21-39)40-30-49(47-15-11-13-27-60-47)62-50(31-40)48-16-12-14-28-61-48/h13,17,20,22-23,25,27-28,31-38,41-49,51-60,65-68H,11-12,14-16,18-19,21,24,26,29-30H2,1-10H3/t36?,37-,38-,41-,42+,43-,44+,45+,46-,47+,48-,49?,51+,52?,53?,54?,55?,58+,59+/m0/s1. The highest BCUT2D eigenvalue weighted by Crippen LogP contribution is 2.68. The summed E-state index contributed by atoms with van der Waals surface area (Å²) in [5.41, 5.74) is 4.48. The summed E-state index contributed by atoms with van der Waals surface area (Å²) in [7, 11) is 0. The number of aliphatic hydroxyl groups is 2. The molecule has 0 spiro atoms. The third-order valence-corrected chi connectivity index (χ3v) is 20.1. The van der Waals surface area contributed by atoms with Gasteiger partial charge in [-0.15, -0.1) is 0 Å². The van der Waals surface area contributed by atoms with Crippen LogP contribution in [0, 0.1) is 107 Å². The molecule has 0 bridgehead atoms. The Hall–Kier alpha value is -2.40. The number of aliphatic hydroxyl groups excluding tert-OH is 2. The maximum atomic E-state index is 12.4. The predicted octanol–water partition coefficient (Wildman–Crippen LogP) is 11.5. The first-order valence-electron chi connectivity index (χ1n) is 28.1. The fourth-order valence-electron chi connectivity index (χ4n) is 17.6. The smallest absolute Gasteiger partial charge is 0.136 e. The average molecular weight is 936 g/mol. The molecule has 0 saturated heterocycles. The van der Waals surface area contributed by atoms with Crippen molar-refractivity contribution in [2.45, 2.75) is 189 Å². The van der Waals surface area contributed by atoms with Crippen LogP contribution in [0.3, 0.4) is 0 Å². The molecule has 3 heterocycles. The summed E-state index contributed by atoms with van der Waals surface area (Å²) in [6.07, 6.45) is 32.8. The van der Waals surface area contributed by atoms with Crippen molar-refractivity contribution >= 4 is 11.9 Å². The third-order valence-electron chi connectivity index (χ3n) is 20.1. The van der Waals surface area contributed by atoms with Crippen LogP contribution >= 0.6 is 0 Å². The summed E-state index contributed by atoms with van der Waals surface area (Å²) in [5.74, 6) is 5.28. The molecule has 9 heteroatoms. The minimum Gasteiger partial charge on any atom is -0.386 e. The van der Waals surface area contributed by atoms with Gasteiger partial charge < -0.3 is 25.9 Å². The second-order valence-electron chi connectivity index (χ2n) is 25.3. The zero-order valence-electron chi connectivity index (χ0n) is 43.7. The maximum absolute atomic E-state index is 12.4. The van der Waals surface area contributed by atoms with Crippen molar-refractivity contribution in [1.29, 1.82) is 0 Å². The van der Waals surface area contributed by atoms with E-state index in [1.807, 2.05) is 0 Å². The van der Waals surface area contributed by atoms with E-state index in [0.717, 1.165) is 64.2 Å². The monoisotopic (exact) mass is 936 g/mol. The fourth-order valence-corrected chi connectivity index (χ4v) is 17.6. The highest BCUT2D eigenvalue weighted by atomic mass is 16.5. The Labute approximate surface area is 411 Å². The summed E-state index contributed by atoms with van der Waals surface area (Å²) in [5, 5.41) is 55.1. The summed E-state index contributed by atoms with van der Waals surface area (Å²) in [6, 6.07) is 0.555. The minimum atomic E-state index is -0.967. The van der Waals surface area contributed by atoms with E-state index in [9.17, 15) is 20.6 Å². The molecule has 9 nitrogen and oxygen atoms in total. The number of fused-ring (bicyclic) bond motifs is 2. The molecule has 3 aliphatic heterocycles. The van der Waals surface area contributed by atoms with Gasteiger partial charge in [-0.25, -0.2) is 0 Å². The van der Waals surface area contributed by atoms with E-state index < -0.39 is 12.5 Å². The number of hydrogen-bond donors (Lipinski definition) is 5. The highest BCUT2D eigenvalue weighted by molar-refractivity contribution is 6.01. The Morgan fingerprint density at radius 2 is 1.40 bits per heavy atom. The van der Waals surface area contributed by atoms with Crippen LogP contribution in [0.4, 0.5) is 0 Å². The Morgan fingerprint density at radius 3 is 2.03 bits per heavy atom. The predicted molar refractivity (Wildman–Crippen MR) is 276 cm³/mol. The molecular weight excluding hydrogens is 843 g/mol. The van der Waals surface area contributed by atoms with Gasteiger partial charge in [0.25, 0.3) is 0 Å². The molecule has 6 unspecified atom stereocenters. The quantitative estimate of drug-likeness (QED) is 0.0667. The molecule has 3 fully saturated rings. The Morgan fingerprint density at radius 1 is 0.706 bits per heavy atom. The lowest BCUT2D eigenvalue weighted by atomic mass is 9.38. The van der Waals surface area contributed by atoms with Crippen molar-refractivity contribution < 1.29 is 20.6 Å². The van der Waals surface area contributed by atoms with E-state index in [-0.39, 0.29) is 71.5 Å². The molecule has 9 aliphatic rings. The van der Waals surface area contributed by atoms with E-state index in [4.69, 9.17) is 9.98 Å². The molecule has 378 valence electrons. The van der Waals surface area contributed by atoms with Gasteiger partial charge in [0.2, 0.25) is 0 Å². The van der Waals surface area contributed by atoms with Gasteiger partial charge in [0.1, 0.15) is 12.5 Å². The van der Waals surface area contributed by atoms with Crippen LogP contribution in [0.1, 0.15) is 146 Å². The van der Waals surface area contributed by atoms with Crippen molar-refractivity contribution in [1.82, 2.24) is 15.4 Å². The van der Waals surface area contributed by atoms with E-state index in [1.54, 1.807) is 11.1 Å². The van der Waals surface area contributed by atoms with Crippen LogP contribution in [0.2, 0.25) is 0 Å². The molecule has 0 aromatic carbocycles. The Balaban J connectivity index is 1.06. The van der Waals surface area contributed by atoms with Crippen molar-refractivity contribution in [2.75, 3.05) is 0 Å². The van der Waals surface area contributed by atoms with Crippen LogP contribution < -0.4 is 5.32 Å². The minimum absolute atomic E-state index is 0.0130. The van der Waals surface area contributed by atoms with Gasteiger partial charge in [-0.05, 0) is 190 Å². The van der Waals surface area contributed by atoms with E-state index >= 15 is 0 Å². The van der Waals surface area contributed by atoms with Gasteiger partial charge in [0.05, 0.1) is 17.8 Å². The number of allylic oxidation sites excluding steroid dienone is 6. The lowest BCUT2D eigenvalue weighted by Crippen LogP contribution is -2.64. The molecule has 19 atom stereocenters. The first-order valence-corrected chi connectivity index (χ1v) is 28.1. The fraction of sp³-hybridized carbons (Fsp3) is 0.797. The van der Waals surface area contributed by atoms with Crippen molar-refractivity contribution in [3.05, 3.63) is 59.9 Å². The van der Waals surface area contributed by atoms with Crippen LogP contribution in [0.5, 0.6) is 0 Å². The largest absolute Gasteiger partial charge is 0.386 e. The first kappa shape index (κ1) is 50.5. The van der Waals surface area contributed by atoms with Gasteiger partial charge in [-0.3, -0.25) is 9.98 Å². The molecule has 0 aromatic rings. The Bertz CT molecular complexity index is 1950. The van der Waals surface area contributed by atoms with Crippen LogP contribution in [-0.4, -0.2) is 85.3 Å².